The number of halogens is 3. The molecule has 9 heteroatoms. The van der Waals surface area contributed by atoms with Crippen LogP contribution in [0.2, 0.25) is 0 Å². The van der Waals surface area contributed by atoms with Crippen molar-refractivity contribution in [3.63, 3.8) is 0 Å². The number of nitrogens with zero attached hydrogens (tertiary/aromatic N) is 2. The normalized spacial score (nSPS) is 15.9. The van der Waals surface area contributed by atoms with E-state index in [1.165, 1.54) is 42.5 Å². The monoisotopic (exact) mass is 443 g/mol. The Kier molecular flexibility index (Phi) is 5.73. The van der Waals surface area contributed by atoms with Gasteiger partial charge in [-0.3, -0.25) is 4.79 Å². The Hall–Kier alpha value is -3.62. The maximum Gasteiger partial charge on any atom is 0.335 e. The molecule has 0 radical (unpaired) electrons. The third-order valence-electron chi connectivity index (χ3n) is 5.39. The van der Waals surface area contributed by atoms with E-state index in [4.69, 9.17) is 5.11 Å². The molecule has 2 heterocycles. The highest BCUT2D eigenvalue weighted by molar-refractivity contribution is 6.10. The van der Waals surface area contributed by atoms with Gasteiger partial charge in [0.1, 0.15) is 11.6 Å². The largest absolute Gasteiger partial charge is 0.478 e. The Morgan fingerprint density at radius 2 is 1.88 bits per heavy atom. The summed E-state index contributed by atoms with van der Waals surface area (Å²) in [5, 5.41) is 12.3. The van der Waals surface area contributed by atoms with Gasteiger partial charge in [0.25, 0.3) is 5.91 Å². The Labute approximate surface area is 181 Å². The Bertz CT molecular complexity index is 1200. The Balaban J connectivity index is 1.74. The third kappa shape index (κ3) is 4.66. The second-order valence-electron chi connectivity index (χ2n) is 7.73. The maximum atomic E-state index is 13.9. The van der Waals surface area contributed by atoms with Crippen molar-refractivity contribution in [2.75, 3.05) is 23.3 Å². The zero-order valence-electron chi connectivity index (χ0n) is 16.9. The number of pyridine rings is 1. The summed E-state index contributed by atoms with van der Waals surface area (Å²) in [5.41, 5.74) is 0.711. The number of aromatic nitrogens is 1. The minimum atomic E-state index is -2.79. The molecule has 1 aliphatic heterocycles. The van der Waals surface area contributed by atoms with Gasteiger partial charge in [0.05, 0.1) is 16.6 Å². The summed E-state index contributed by atoms with van der Waals surface area (Å²) < 4.78 is 41.5. The molecule has 1 aliphatic rings. The van der Waals surface area contributed by atoms with Crippen LogP contribution in [-0.2, 0) is 0 Å². The summed E-state index contributed by atoms with van der Waals surface area (Å²) in [4.78, 5) is 30.4. The molecule has 2 aromatic carbocycles. The number of aromatic carboxylic acids is 1. The van der Waals surface area contributed by atoms with E-state index in [0.29, 0.717) is 10.9 Å². The third-order valence-corrected chi connectivity index (χ3v) is 5.39. The van der Waals surface area contributed by atoms with Crippen LogP contribution in [0.15, 0.2) is 48.5 Å². The van der Waals surface area contributed by atoms with E-state index in [9.17, 15) is 22.8 Å². The van der Waals surface area contributed by atoms with Gasteiger partial charge in [0.2, 0.25) is 5.92 Å². The number of carboxylic acid groups (broad SMARTS) is 1. The van der Waals surface area contributed by atoms with Gasteiger partial charge in [0, 0.05) is 43.1 Å². The average molecular weight is 443 g/mol. The smallest absolute Gasteiger partial charge is 0.335 e. The average Bonchev–Trinajstić information content (AvgIpc) is 2.93. The number of carbonyl (C=O) groups excluding carboxylic acids is 1. The lowest BCUT2D eigenvalue weighted by Gasteiger charge is -2.24. The molecule has 1 fully saturated rings. The van der Waals surface area contributed by atoms with Gasteiger partial charge in [-0.25, -0.2) is 22.9 Å². The van der Waals surface area contributed by atoms with Gasteiger partial charge in [-0.15, -0.1) is 0 Å². The number of carboxylic acids is 1. The highest BCUT2D eigenvalue weighted by Crippen LogP contribution is 2.32. The molecule has 166 valence electrons. The number of amides is 1. The molecular weight excluding hydrogens is 423 g/mol. The van der Waals surface area contributed by atoms with E-state index in [0.717, 1.165) is 0 Å². The molecule has 1 aromatic heterocycles. The van der Waals surface area contributed by atoms with Crippen LogP contribution in [0.4, 0.5) is 24.7 Å². The van der Waals surface area contributed by atoms with Gasteiger partial charge in [0.15, 0.2) is 0 Å². The molecule has 3 aromatic rings. The lowest BCUT2D eigenvalue weighted by molar-refractivity contribution is -0.0102. The van der Waals surface area contributed by atoms with E-state index in [-0.39, 0.29) is 55.0 Å². The van der Waals surface area contributed by atoms with E-state index >= 15 is 0 Å². The first-order valence-corrected chi connectivity index (χ1v) is 10.1. The summed E-state index contributed by atoms with van der Waals surface area (Å²) in [6.07, 6.45) is -0.412. The number of hydrogen-bond donors (Lipinski definition) is 2. The number of benzene rings is 2. The molecule has 32 heavy (non-hydrogen) atoms. The van der Waals surface area contributed by atoms with Crippen LogP contribution in [0.25, 0.3) is 10.9 Å². The molecule has 1 saturated heterocycles. The molecule has 4 rings (SSSR count). The second-order valence-corrected chi connectivity index (χ2v) is 7.73. The van der Waals surface area contributed by atoms with Gasteiger partial charge >= 0.3 is 5.97 Å². The van der Waals surface area contributed by atoms with Crippen LogP contribution in [0.3, 0.4) is 0 Å². The molecule has 0 bridgehead atoms. The van der Waals surface area contributed by atoms with Crippen LogP contribution in [0.5, 0.6) is 0 Å². The first kappa shape index (κ1) is 21.6. The van der Waals surface area contributed by atoms with Crippen molar-refractivity contribution in [3.05, 3.63) is 65.5 Å². The number of nitrogens with one attached hydrogen (secondary N) is 1. The van der Waals surface area contributed by atoms with Crippen LogP contribution < -0.4 is 10.2 Å². The number of fused-ring (bicyclic) bond motifs is 1. The van der Waals surface area contributed by atoms with E-state index < -0.39 is 23.6 Å². The van der Waals surface area contributed by atoms with Crippen LogP contribution in [-0.4, -0.2) is 41.0 Å². The molecule has 1 amide bonds. The zero-order chi connectivity index (χ0) is 22.9. The van der Waals surface area contributed by atoms with Crippen molar-refractivity contribution in [1.29, 1.82) is 0 Å². The van der Waals surface area contributed by atoms with Gasteiger partial charge in [-0.05, 0) is 42.8 Å². The van der Waals surface area contributed by atoms with E-state index in [1.807, 2.05) is 0 Å². The molecule has 0 saturated carbocycles. The lowest BCUT2D eigenvalue weighted by Crippen LogP contribution is -2.29. The summed E-state index contributed by atoms with van der Waals surface area (Å²) in [7, 11) is 0. The predicted octanol–water partition coefficient (Wildman–Crippen LogP) is 4.95. The van der Waals surface area contributed by atoms with Crippen molar-refractivity contribution in [2.45, 2.75) is 25.2 Å². The number of hydrogen-bond acceptors (Lipinski definition) is 4. The van der Waals surface area contributed by atoms with Crippen molar-refractivity contribution in [3.8, 4) is 0 Å². The summed E-state index contributed by atoms with van der Waals surface area (Å²) in [5.74, 6) is -4.81. The molecular formula is C23H20F3N3O3. The fourth-order valence-electron chi connectivity index (χ4n) is 3.74. The molecule has 2 N–H and O–H groups in total. The summed E-state index contributed by atoms with van der Waals surface area (Å²) in [6.45, 7) is 0.272. The minimum absolute atomic E-state index is 0.00436. The fourth-order valence-corrected chi connectivity index (χ4v) is 3.74. The van der Waals surface area contributed by atoms with Crippen LogP contribution in [0.1, 0.15) is 40.0 Å². The topological polar surface area (TPSA) is 82.5 Å². The Morgan fingerprint density at radius 1 is 1.06 bits per heavy atom. The standard InChI is InChI=1S/C23H20F3N3O3/c24-16-6-5-14-12-18(21(30)27-17-4-1-3-15(11-17)22(31)32)20(28-19(14)13-16)29-9-2-7-23(25,26)8-10-29/h1,3-6,11-13H,2,7-10H2,(H,27,30)(H,31,32). The van der Waals surface area contributed by atoms with Crippen molar-refractivity contribution in [2.24, 2.45) is 0 Å². The number of anilines is 2. The second kappa shape index (κ2) is 8.49. The van der Waals surface area contributed by atoms with E-state index in [2.05, 4.69) is 10.3 Å². The number of alkyl halides is 2. The molecule has 0 unspecified atom stereocenters. The lowest BCUT2D eigenvalue weighted by atomic mass is 10.1. The van der Waals surface area contributed by atoms with Crippen molar-refractivity contribution >= 4 is 34.3 Å². The molecule has 0 spiro atoms. The Morgan fingerprint density at radius 3 is 2.66 bits per heavy atom. The summed E-state index contributed by atoms with van der Waals surface area (Å²) in [6, 6.07) is 11.2. The number of carbonyl (C=O) groups is 2. The molecule has 6 nitrogen and oxygen atoms in total. The first-order chi connectivity index (χ1) is 15.2. The van der Waals surface area contributed by atoms with Gasteiger partial charge in [-0.1, -0.05) is 6.07 Å². The van der Waals surface area contributed by atoms with Gasteiger partial charge in [-0.2, -0.15) is 0 Å². The first-order valence-electron chi connectivity index (χ1n) is 10.1. The van der Waals surface area contributed by atoms with Gasteiger partial charge < -0.3 is 15.3 Å². The van der Waals surface area contributed by atoms with E-state index in [1.54, 1.807) is 11.0 Å². The molecule has 0 atom stereocenters. The maximum absolute atomic E-state index is 13.9. The zero-order valence-corrected chi connectivity index (χ0v) is 16.9. The highest BCUT2D eigenvalue weighted by Gasteiger charge is 2.33. The molecule has 0 aliphatic carbocycles. The predicted molar refractivity (Wildman–Crippen MR) is 114 cm³/mol. The highest BCUT2D eigenvalue weighted by atomic mass is 19.3. The minimum Gasteiger partial charge on any atom is -0.478 e. The van der Waals surface area contributed by atoms with Crippen LogP contribution >= 0.6 is 0 Å². The van der Waals surface area contributed by atoms with Crippen molar-refractivity contribution in [1.82, 2.24) is 4.98 Å². The number of rotatable bonds is 4. The summed E-state index contributed by atoms with van der Waals surface area (Å²) >= 11 is 0. The van der Waals surface area contributed by atoms with Crippen molar-refractivity contribution < 1.29 is 27.9 Å². The quantitative estimate of drug-likeness (QED) is 0.596. The van der Waals surface area contributed by atoms with Crippen LogP contribution in [0, 0.1) is 5.82 Å². The fraction of sp³-hybridized carbons (Fsp3) is 0.261. The SMILES string of the molecule is O=C(O)c1cccc(NC(=O)c2cc3ccc(F)cc3nc2N2CCCC(F)(F)CC2)c1.